The fourth-order valence-corrected chi connectivity index (χ4v) is 1.69. The first-order valence-electron chi connectivity index (χ1n) is 5.62. The van der Waals surface area contributed by atoms with Gasteiger partial charge < -0.3 is 9.47 Å². The zero-order valence-electron chi connectivity index (χ0n) is 9.70. The number of nitrogens with zero attached hydrogens (tertiary/aromatic N) is 1. The van der Waals surface area contributed by atoms with Crippen LogP contribution >= 0.6 is 0 Å². The van der Waals surface area contributed by atoms with E-state index in [4.69, 9.17) is 9.47 Å². The first-order chi connectivity index (χ1) is 8.31. The van der Waals surface area contributed by atoms with Gasteiger partial charge in [-0.1, -0.05) is 30.3 Å². The number of carbonyl (C=O) groups is 1. The van der Waals surface area contributed by atoms with Crippen molar-refractivity contribution in [2.75, 3.05) is 6.61 Å². The molecule has 1 aliphatic rings. The quantitative estimate of drug-likeness (QED) is 0.805. The molecule has 0 spiro atoms. The third-order valence-electron chi connectivity index (χ3n) is 2.50. The van der Waals surface area contributed by atoms with Crippen molar-refractivity contribution in [1.82, 2.24) is 4.90 Å². The van der Waals surface area contributed by atoms with E-state index in [2.05, 4.69) is 0 Å². The normalized spacial score (nSPS) is 17.9. The molecule has 1 heterocycles. The maximum atomic E-state index is 11.6. The second kappa shape index (κ2) is 5.39. The number of hydrogen-bond acceptors (Lipinski definition) is 3. The van der Waals surface area contributed by atoms with Crippen LogP contribution in [0.25, 0.3) is 0 Å². The smallest absolute Gasteiger partial charge is 0.416 e. The van der Waals surface area contributed by atoms with Crippen LogP contribution in [0.3, 0.4) is 0 Å². The van der Waals surface area contributed by atoms with Crippen molar-refractivity contribution in [3.8, 4) is 0 Å². The highest BCUT2D eigenvalue weighted by atomic mass is 16.6. The lowest BCUT2D eigenvalue weighted by atomic mass is 10.1. The van der Waals surface area contributed by atoms with E-state index in [0.29, 0.717) is 13.0 Å². The molecule has 0 radical (unpaired) electrons. The van der Waals surface area contributed by atoms with Crippen LogP contribution in [-0.4, -0.2) is 23.8 Å². The summed E-state index contributed by atoms with van der Waals surface area (Å²) in [5.41, 5.74) is 1.12. The Kier molecular flexibility index (Phi) is 3.65. The van der Waals surface area contributed by atoms with Gasteiger partial charge in [0.25, 0.3) is 0 Å². The summed E-state index contributed by atoms with van der Waals surface area (Å²) in [6, 6.07) is 9.90. The van der Waals surface area contributed by atoms with E-state index in [9.17, 15) is 4.79 Å². The van der Waals surface area contributed by atoms with Crippen molar-refractivity contribution in [3.63, 3.8) is 0 Å². The molecule has 4 nitrogen and oxygen atoms in total. The molecule has 17 heavy (non-hydrogen) atoms. The molecular formula is C13H15NO3. The number of hydrogen-bond donors (Lipinski definition) is 0. The van der Waals surface area contributed by atoms with E-state index in [-0.39, 0.29) is 12.3 Å². The average Bonchev–Trinajstić information content (AvgIpc) is 2.79. The van der Waals surface area contributed by atoms with Crippen molar-refractivity contribution in [3.05, 3.63) is 48.4 Å². The van der Waals surface area contributed by atoms with Crippen LogP contribution in [0.15, 0.2) is 42.8 Å². The van der Waals surface area contributed by atoms with Crippen LogP contribution in [0.1, 0.15) is 12.5 Å². The number of carbonyl (C=O) groups excluding carboxylic acids is 1. The second-order valence-corrected chi connectivity index (χ2v) is 3.67. The summed E-state index contributed by atoms with van der Waals surface area (Å²) in [5.74, 6) is 0. The fourth-order valence-electron chi connectivity index (χ4n) is 1.69. The number of rotatable bonds is 3. The SMILES string of the molecule is CCOC(=O)N1C=COC1Cc1ccccc1. The Morgan fingerprint density at radius 3 is 2.88 bits per heavy atom. The van der Waals surface area contributed by atoms with Gasteiger partial charge in [-0.05, 0) is 12.5 Å². The maximum Gasteiger partial charge on any atom is 0.416 e. The maximum absolute atomic E-state index is 11.6. The topological polar surface area (TPSA) is 38.8 Å². The summed E-state index contributed by atoms with van der Waals surface area (Å²) < 4.78 is 10.3. The molecule has 1 aliphatic heterocycles. The Hall–Kier alpha value is -1.97. The van der Waals surface area contributed by atoms with E-state index in [1.54, 1.807) is 13.1 Å². The van der Waals surface area contributed by atoms with Crippen LogP contribution in [-0.2, 0) is 15.9 Å². The molecular weight excluding hydrogens is 218 g/mol. The van der Waals surface area contributed by atoms with E-state index >= 15 is 0 Å². The fraction of sp³-hybridized carbons (Fsp3) is 0.308. The van der Waals surface area contributed by atoms with Gasteiger partial charge >= 0.3 is 6.09 Å². The Morgan fingerprint density at radius 1 is 1.41 bits per heavy atom. The minimum absolute atomic E-state index is 0.309. The summed E-state index contributed by atoms with van der Waals surface area (Å²) in [4.78, 5) is 13.1. The van der Waals surface area contributed by atoms with Crippen molar-refractivity contribution < 1.29 is 14.3 Å². The third kappa shape index (κ3) is 2.78. The predicted molar refractivity (Wildman–Crippen MR) is 63.0 cm³/mol. The molecule has 0 N–H and O–H groups in total. The van der Waals surface area contributed by atoms with Crippen molar-refractivity contribution in [1.29, 1.82) is 0 Å². The number of ether oxygens (including phenoxy) is 2. The molecule has 1 aromatic rings. The summed E-state index contributed by atoms with van der Waals surface area (Å²) in [6.45, 7) is 2.14. The lowest BCUT2D eigenvalue weighted by molar-refractivity contribution is 0.0423. The zero-order valence-corrected chi connectivity index (χ0v) is 9.70. The molecule has 90 valence electrons. The molecule has 0 aromatic heterocycles. The van der Waals surface area contributed by atoms with Gasteiger partial charge in [0.2, 0.25) is 0 Å². The van der Waals surface area contributed by atoms with Gasteiger partial charge in [0, 0.05) is 12.6 Å². The van der Waals surface area contributed by atoms with Crippen molar-refractivity contribution >= 4 is 6.09 Å². The summed E-state index contributed by atoms with van der Waals surface area (Å²) in [5, 5.41) is 0. The molecule has 2 rings (SSSR count). The minimum atomic E-state index is -0.373. The largest absolute Gasteiger partial charge is 0.476 e. The third-order valence-corrected chi connectivity index (χ3v) is 2.50. The summed E-state index contributed by atoms with van der Waals surface area (Å²) >= 11 is 0. The van der Waals surface area contributed by atoms with Crippen LogP contribution in [0.2, 0.25) is 0 Å². The molecule has 1 atom stereocenters. The Morgan fingerprint density at radius 2 is 2.18 bits per heavy atom. The second-order valence-electron chi connectivity index (χ2n) is 3.67. The van der Waals surface area contributed by atoms with Gasteiger partial charge in [0.1, 0.15) is 6.26 Å². The van der Waals surface area contributed by atoms with Gasteiger partial charge in [-0.2, -0.15) is 0 Å². The van der Waals surface area contributed by atoms with Crippen LogP contribution in [0, 0.1) is 0 Å². The Bertz CT molecular complexity index is 402. The highest BCUT2D eigenvalue weighted by molar-refractivity contribution is 5.69. The Labute approximate surface area is 100 Å². The van der Waals surface area contributed by atoms with Crippen LogP contribution in [0.4, 0.5) is 4.79 Å². The average molecular weight is 233 g/mol. The predicted octanol–water partition coefficient (Wildman–Crippen LogP) is 2.52. The van der Waals surface area contributed by atoms with E-state index < -0.39 is 0 Å². The van der Waals surface area contributed by atoms with E-state index in [1.807, 2.05) is 30.3 Å². The summed E-state index contributed by atoms with van der Waals surface area (Å²) in [7, 11) is 0. The highest BCUT2D eigenvalue weighted by Gasteiger charge is 2.27. The molecule has 4 heteroatoms. The highest BCUT2D eigenvalue weighted by Crippen LogP contribution is 2.17. The van der Waals surface area contributed by atoms with Crippen LogP contribution < -0.4 is 0 Å². The van der Waals surface area contributed by atoms with E-state index in [0.717, 1.165) is 5.56 Å². The van der Waals surface area contributed by atoms with Gasteiger partial charge in [0.15, 0.2) is 6.23 Å². The molecule has 1 unspecified atom stereocenters. The monoisotopic (exact) mass is 233 g/mol. The van der Waals surface area contributed by atoms with Gasteiger partial charge in [-0.25, -0.2) is 9.69 Å². The van der Waals surface area contributed by atoms with Crippen molar-refractivity contribution in [2.45, 2.75) is 19.6 Å². The van der Waals surface area contributed by atoms with Gasteiger partial charge in [-0.15, -0.1) is 0 Å². The lowest BCUT2D eigenvalue weighted by Gasteiger charge is -2.21. The minimum Gasteiger partial charge on any atom is -0.476 e. The summed E-state index contributed by atoms with van der Waals surface area (Å²) in [6.07, 6.45) is 3.08. The number of amides is 1. The van der Waals surface area contributed by atoms with Crippen molar-refractivity contribution in [2.24, 2.45) is 0 Å². The molecule has 1 amide bonds. The Balaban J connectivity index is 1.99. The molecule has 0 bridgehead atoms. The standard InChI is InChI=1S/C13H15NO3/c1-2-16-13(15)14-8-9-17-12(14)10-11-6-4-3-5-7-11/h3-9,12H,2,10H2,1H3. The van der Waals surface area contributed by atoms with Crippen LogP contribution in [0.5, 0.6) is 0 Å². The lowest BCUT2D eigenvalue weighted by Crippen LogP contribution is -2.35. The number of benzene rings is 1. The molecule has 0 aliphatic carbocycles. The molecule has 0 saturated carbocycles. The van der Waals surface area contributed by atoms with Gasteiger partial charge in [0.05, 0.1) is 6.61 Å². The van der Waals surface area contributed by atoms with E-state index in [1.165, 1.54) is 11.2 Å². The molecule has 1 aromatic carbocycles. The molecule has 0 saturated heterocycles. The first-order valence-corrected chi connectivity index (χ1v) is 5.62. The zero-order chi connectivity index (χ0) is 12.1. The molecule has 0 fully saturated rings. The first kappa shape index (κ1) is 11.5. The van der Waals surface area contributed by atoms with Gasteiger partial charge in [-0.3, -0.25) is 0 Å².